The Kier molecular flexibility index (Phi) is 3.94. The van der Waals surface area contributed by atoms with E-state index in [1.54, 1.807) is 16.7 Å². The zero-order valence-electron chi connectivity index (χ0n) is 10.5. The Labute approximate surface area is 115 Å². The molecule has 19 heavy (non-hydrogen) atoms. The first-order valence-corrected chi connectivity index (χ1v) is 7.09. The fraction of sp³-hybridized carbons (Fsp3) is 0.417. The molecule has 1 unspecified atom stereocenters. The third-order valence-electron chi connectivity index (χ3n) is 3.11. The van der Waals surface area contributed by atoms with Gasteiger partial charge in [0.15, 0.2) is 0 Å². The Bertz CT molecular complexity index is 521. The number of nitrogens with two attached hydrogens (primary N) is 1. The largest absolute Gasteiger partial charge is 0.398 e. The standard InChI is InChI=1S/C12H15N3O3S/c1-8-7-19-5-4-14(8)12(16)10-6-9(15(17)18)2-3-11(10)13/h2-3,6,8H,4-5,7,13H2,1H3. The summed E-state index contributed by atoms with van der Waals surface area (Å²) in [6.07, 6.45) is 0. The molecule has 2 rings (SSSR count). The lowest BCUT2D eigenvalue weighted by Gasteiger charge is -2.33. The molecular formula is C12H15N3O3S. The van der Waals surface area contributed by atoms with E-state index in [1.165, 1.54) is 18.2 Å². The van der Waals surface area contributed by atoms with Gasteiger partial charge in [0.25, 0.3) is 11.6 Å². The van der Waals surface area contributed by atoms with Crippen LogP contribution in [0.1, 0.15) is 17.3 Å². The van der Waals surface area contributed by atoms with Crippen molar-refractivity contribution in [2.45, 2.75) is 13.0 Å². The van der Waals surface area contributed by atoms with Gasteiger partial charge in [0, 0.05) is 41.9 Å². The molecule has 102 valence electrons. The van der Waals surface area contributed by atoms with Crippen LogP contribution in [0.3, 0.4) is 0 Å². The van der Waals surface area contributed by atoms with Crippen molar-refractivity contribution in [3.05, 3.63) is 33.9 Å². The zero-order chi connectivity index (χ0) is 14.0. The lowest BCUT2D eigenvalue weighted by molar-refractivity contribution is -0.384. The predicted octanol–water partition coefficient (Wildman–Crippen LogP) is 1.75. The van der Waals surface area contributed by atoms with Crippen LogP contribution >= 0.6 is 11.8 Å². The number of nitrogen functional groups attached to an aromatic ring is 1. The molecule has 1 aliphatic heterocycles. The maximum Gasteiger partial charge on any atom is 0.270 e. The zero-order valence-corrected chi connectivity index (χ0v) is 11.4. The number of benzene rings is 1. The monoisotopic (exact) mass is 281 g/mol. The molecule has 1 aliphatic rings. The number of hydrogen-bond donors (Lipinski definition) is 1. The van der Waals surface area contributed by atoms with Gasteiger partial charge in [-0.05, 0) is 13.0 Å². The number of nitro groups is 1. The first kappa shape index (κ1) is 13.7. The summed E-state index contributed by atoms with van der Waals surface area (Å²) in [6, 6.07) is 4.09. The highest BCUT2D eigenvalue weighted by atomic mass is 32.2. The van der Waals surface area contributed by atoms with E-state index in [1.807, 2.05) is 6.92 Å². The van der Waals surface area contributed by atoms with Crippen LogP contribution in [0.4, 0.5) is 11.4 Å². The lowest BCUT2D eigenvalue weighted by atomic mass is 10.1. The van der Waals surface area contributed by atoms with Crippen LogP contribution < -0.4 is 5.73 Å². The summed E-state index contributed by atoms with van der Waals surface area (Å²) in [4.78, 5) is 24.4. The van der Waals surface area contributed by atoms with E-state index in [-0.39, 0.29) is 28.9 Å². The molecule has 1 fully saturated rings. The van der Waals surface area contributed by atoms with Crippen molar-refractivity contribution in [2.75, 3.05) is 23.8 Å². The van der Waals surface area contributed by atoms with Crippen molar-refractivity contribution in [1.29, 1.82) is 0 Å². The van der Waals surface area contributed by atoms with Crippen LogP contribution in [0.25, 0.3) is 0 Å². The molecule has 0 aliphatic carbocycles. The third kappa shape index (κ3) is 2.81. The molecule has 1 aromatic carbocycles. The number of nitro benzene ring substituents is 1. The normalized spacial score (nSPS) is 19.2. The molecule has 1 amide bonds. The van der Waals surface area contributed by atoms with E-state index in [9.17, 15) is 14.9 Å². The van der Waals surface area contributed by atoms with Crippen molar-refractivity contribution < 1.29 is 9.72 Å². The number of hydrogen-bond acceptors (Lipinski definition) is 5. The van der Waals surface area contributed by atoms with Gasteiger partial charge in [-0.3, -0.25) is 14.9 Å². The minimum absolute atomic E-state index is 0.114. The van der Waals surface area contributed by atoms with E-state index in [4.69, 9.17) is 5.73 Å². The van der Waals surface area contributed by atoms with Crippen molar-refractivity contribution in [3.63, 3.8) is 0 Å². The Morgan fingerprint density at radius 1 is 1.58 bits per heavy atom. The molecule has 1 heterocycles. The Morgan fingerprint density at radius 3 is 2.95 bits per heavy atom. The Hall–Kier alpha value is -1.76. The summed E-state index contributed by atoms with van der Waals surface area (Å²) in [5.41, 5.74) is 6.15. The minimum Gasteiger partial charge on any atom is -0.398 e. The molecule has 0 spiro atoms. The van der Waals surface area contributed by atoms with Crippen LogP contribution in [-0.2, 0) is 0 Å². The highest BCUT2D eigenvalue weighted by Crippen LogP contribution is 2.24. The van der Waals surface area contributed by atoms with Crippen molar-refractivity contribution >= 4 is 29.0 Å². The van der Waals surface area contributed by atoms with Gasteiger partial charge in [-0.2, -0.15) is 11.8 Å². The first-order valence-electron chi connectivity index (χ1n) is 5.93. The smallest absolute Gasteiger partial charge is 0.270 e. The maximum absolute atomic E-state index is 12.4. The molecule has 7 heteroatoms. The van der Waals surface area contributed by atoms with E-state index >= 15 is 0 Å². The van der Waals surface area contributed by atoms with Gasteiger partial charge < -0.3 is 10.6 Å². The van der Waals surface area contributed by atoms with Crippen molar-refractivity contribution in [1.82, 2.24) is 4.90 Å². The summed E-state index contributed by atoms with van der Waals surface area (Å²) < 4.78 is 0. The van der Waals surface area contributed by atoms with E-state index in [0.717, 1.165) is 11.5 Å². The number of amides is 1. The Balaban J connectivity index is 2.32. The second kappa shape index (κ2) is 5.48. The van der Waals surface area contributed by atoms with Crippen LogP contribution in [0, 0.1) is 10.1 Å². The van der Waals surface area contributed by atoms with E-state index in [2.05, 4.69) is 0 Å². The summed E-state index contributed by atoms with van der Waals surface area (Å²) in [7, 11) is 0. The molecule has 1 aromatic rings. The average Bonchev–Trinajstić information content (AvgIpc) is 2.38. The SMILES string of the molecule is CC1CSCCN1C(=O)c1cc([N+](=O)[O-])ccc1N. The van der Waals surface area contributed by atoms with E-state index < -0.39 is 4.92 Å². The summed E-state index contributed by atoms with van der Waals surface area (Å²) in [6.45, 7) is 2.62. The molecule has 6 nitrogen and oxygen atoms in total. The van der Waals surface area contributed by atoms with Gasteiger partial charge in [-0.25, -0.2) is 0 Å². The summed E-state index contributed by atoms with van der Waals surface area (Å²) in [5.74, 6) is 1.53. The van der Waals surface area contributed by atoms with Gasteiger partial charge in [0.1, 0.15) is 0 Å². The molecule has 0 bridgehead atoms. The molecular weight excluding hydrogens is 266 g/mol. The number of rotatable bonds is 2. The maximum atomic E-state index is 12.4. The third-order valence-corrected chi connectivity index (χ3v) is 4.30. The number of nitrogens with zero attached hydrogens (tertiary/aromatic N) is 2. The van der Waals surface area contributed by atoms with Crippen LogP contribution in [0.15, 0.2) is 18.2 Å². The lowest BCUT2D eigenvalue weighted by Crippen LogP contribution is -2.44. The fourth-order valence-electron chi connectivity index (χ4n) is 2.03. The van der Waals surface area contributed by atoms with Gasteiger partial charge in [0.2, 0.25) is 0 Å². The second-order valence-corrected chi connectivity index (χ2v) is 5.60. The van der Waals surface area contributed by atoms with Gasteiger partial charge in [-0.1, -0.05) is 0 Å². The molecule has 2 N–H and O–H groups in total. The van der Waals surface area contributed by atoms with Crippen LogP contribution in [-0.4, -0.2) is 39.8 Å². The highest BCUT2D eigenvalue weighted by Gasteiger charge is 2.26. The number of carbonyl (C=O) groups excluding carboxylic acids is 1. The first-order chi connectivity index (χ1) is 9.00. The van der Waals surface area contributed by atoms with Gasteiger partial charge in [0.05, 0.1) is 10.5 Å². The quantitative estimate of drug-likeness (QED) is 0.507. The summed E-state index contributed by atoms with van der Waals surface area (Å²) in [5, 5.41) is 10.8. The topological polar surface area (TPSA) is 89.5 Å². The fourth-order valence-corrected chi connectivity index (χ4v) is 3.04. The summed E-state index contributed by atoms with van der Waals surface area (Å²) >= 11 is 1.80. The molecule has 1 saturated heterocycles. The van der Waals surface area contributed by atoms with Crippen molar-refractivity contribution in [2.24, 2.45) is 0 Å². The number of anilines is 1. The molecule has 0 saturated carbocycles. The van der Waals surface area contributed by atoms with E-state index in [0.29, 0.717) is 6.54 Å². The molecule has 0 aromatic heterocycles. The van der Waals surface area contributed by atoms with Crippen LogP contribution in [0.5, 0.6) is 0 Å². The predicted molar refractivity (Wildman–Crippen MR) is 75.3 cm³/mol. The van der Waals surface area contributed by atoms with Gasteiger partial charge in [-0.15, -0.1) is 0 Å². The number of carbonyl (C=O) groups is 1. The second-order valence-electron chi connectivity index (χ2n) is 4.45. The van der Waals surface area contributed by atoms with Crippen molar-refractivity contribution in [3.8, 4) is 0 Å². The number of non-ortho nitro benzene ring substituents is 1. The highest BCUT2D eigenvalue weighted by molar-refractivity contribution is 7.99. The average molecular weight is 281 g/mol. The Morgan fingerprint density at radius 2 is 2.32 bits per heavy atom. The molecule has 0 radical (unpaired) electrons. The molecule has 1 atom stereocenters. The van der Waals surface area contributed by atoms with Gasteiger partial charge >= 0.3 is 0 Å². The minimum atomic E-state index is -0.522. The van der Waals surface area contributed by atoms with Crippen LogP contribution in [0.2, 0.25) is 0 Å². The number of thioether (sulfide) groups is 1.